The third kappa shape index (κ3) is 2.91. The van der Waals surface area contributed by atoms with Crippen molar-refractivity contribution in [2.45, 2.75) is 19.5 Å². The van der Waals surface area contributed by atoms with Crippen molar-refractivity contribution in [3.63, 3.8) is 0 Å². The molecule has 6 nitrogen and oxygen atoms in total. The fraction of sp³-hybridized carbons (Fsp3) is 0.222. The second kappa shape index (κ2) is 6.68. The normalized spacial score (nSPS) is 18.7. The fourth-order valence-corrected chi connectivity index (χ4v) is 3.54. The van der Waals surface area contributed by atoms with Crippen molar-refractivity contribution in [1.29, 1.82) is 0 Å². The second-order valence-electron chi connectivity index (χ2n) is 5.71. The summed E-state index contributed by atoms with van der Waals surface area (Å²) in [6, 6.07) is 11.5. The van der Waals surface area contributed by atoms with E-state index in [4.69, 9.17) is 4.99 Å². The molecule has 25 heavy (non-hydrogen) atoms. The maximum atomic E-state index is 12.8. The Labute approximate surface area is 149 Å². The molecule has 3 heterocycles. The van der Waals surface area contributed by atoms with Crippen LogP contribution in [-0.2, 0) is 4.79 Å². The van der Waals surface area contributed by atoms with Gasteiger partial charge in [-0.25, -0.2) is 5.01 Å². The van der Waals surface area contributed by atoms with Gasteiger partial charge in [-0.05, 0) is 18.6 Å². The highest BCUT2D eigenvalue weighted by atomic mass is 32.2. The quantitative estimate of drug-likeness (QED) is 0.907. The lowest BCUT2D eigenvalue weighted by molar-refractivity contribution is -0.116. The molecule has 0 spiro atoms. The van der Waals surface area contributed by atoms with Crippen LogP contribution in [0.1, 0.15) is 25.1 Å². The molecular formula is C18H17N5OS. The monoisotopic (exact) mass is 351 g/mol. The molecule has 1 atom stereocenters. The molecule has 0 unspecified atom stereocenters. The van der Waals surface area contributed by atoms with Gasteiger partial charge < -0.3 is 0 Å². The Balaban J connectivity index is 1.90. The molecule has 2 aliphatic heterocycles. The summed E-state index contributed by atoms with van der Waals surface area (Å²) in [5.74, 6) is 0.748. The first-order valence-electron chi connectivity index (χ1n) is 8.17. The average Bonchev–Trinajstić information content (AvgIpc) is 2.66. The molecule has 1 aromatic carbocycles. The highest BCUT2D eigenvalue weighted by Crippen LogP contribution is 2.30. The Bertz CT molecular complexity index is 957. The molecule has 0 radical (unpaired) electrons. The number of nitrogens with one attached hydrogen (secondary N) is 1. The molecule has 1 N–H and O–H groups in total. The van der Waals surface area contributed by atoms with E-state index in [0.717, 1.165) is 28.3 Å². The molecule has 2 aromatic rings. The number of hydrazone groups is 1. The van der Waals surface area contributed by atoms with Crippen molar-refractivity contribution in [2.24, 2.45) is 10.1 Å². The number of amides is 1. The van der Waals surface area contributed by atoms with Crippen LogP contribution in [-0.4, -0.2) is 26.8 Å². The first-order chi connectivity index (χ1) is 12.3. The summed E-state index contributed by atoms with van der Waals surface area (Å²) in [5, 5.41) is 11.5. The van der Waals surface area contributed by atoms with Gasteiger partial charge in [-0.3, -0.25) is 20.1 Å². The maximum absolute atomic E-state index is 12.8. The van der Waals surface area contributed by atoms with E-state index in [1.807, 2.05) is 36.4 Å². The number of amidine groups is 1. The number of rotatable bonds is 3. The number of para-hydroxylation sites is 1. The lowest BCUT2D eigenvalue weighted by Gasteiger charge is -2.33. The van der Waals surface area contributed by atoms with E-state index < -0.39 is 6.17 Å². The molecule has 126 valence electrons. The summed E-state index contributed by atoms with van der Waals surface area (Å²) in [4.78, 5) is 21.8. The molecule has 0 aliphatic carbocycles. The van der Waals surface area contributed by atoms with Crippen molar-refractivity contribution in [1.82, 2.24) is 15.3 Å². The van der Waals surface area contributed by atoms with Crippen LogP contribution in [0.25, 0.3) is 5.70 Å². The molecule has 7 heteroatoms. The van der Waals surface area contributed by atoms with Crippen LogP contribution in [0.15, 0.2) is 58.9 Å². The number of carbonyl (C=O) groups is 1. The molecule has 1 aromatic heterocycles. The zero-order valence-electron chi connectivity index (χ0n) is 13.7. The molecule has 0 bridgehead atoms. The third-order valence-electron chi connectivity index (χ3n) is 3.94. The molecule has 2 aliphatic rings. The summed E-state index contributed by atoms with van der Waals surface area (Å²) in [6.45, 7) is 2.10. The number of carbonyl (C=O) groups excluding carboxylic acids is 1. The van der Waals surface area contributed by atoms with Crippen LogP contribution in [0.2, 0.25) is 0 Å². The van der Waals surface area contributed by atoms with Crippen LogP contribution in [0, 0.1) is 0 Å². The zero-order valence-corrected chi connectivity index (χ0v) is 14.5. The van der Waals surface area contributed by atoms with Crippen LogP contribution in [0.3, 0.4) is 0 Å². The van der Waals surface area contributed by atoms with Gasteiger partial charge >= 0.3 is 0 Å². The number of fused-ring (bicyclic) bond motifs is 2. The van der Waals surface area contributed by atoms with Gasteiger partial charge in [-0.15, -0.1) is 5.10 Å². The Kier molecular flexibility index (Phi) is 4.23. The van der Waals surface area contributed by atoms with Crippen LogP contribution in [0.5, 0.6) is 0 Å². The topological polar surface area (TPSA) is 70.0 Å². The van der Waals surface area contributed by atoms with Crippen molar-refractivity contribution >= 4 is 28.5 Å². The molecule has 1 amide bonds. The highest BCUT2D eigenvalue weighted by Gasteiger charge is 2.34. The van der Waals surface area contributed by atoms with Crippen LogP contribution in [0.4, 0.5) is 0 Å². The lowest BCUT2D eigenvalue weighted by Crippen LogP contribution is -2.50. The maximum Gasteiger partial charge on any atom is 0.276 e. The second-order valence-corrected chi connectivity index (χ2v) is 6.79. The van der Waals surface area contributed by atoms with Gasteiger partial charge in [0.2, 0.25) is 0 Å². The Morgan fingerprint density at radius 3 is 2.92 bits per heavy atom. The first kappa shape index (κ1) is 15.8. The summed E-state index contributed by atoms with van der Waals surface area (Å²) < 4.78 is 0. The standard InChI is InChI=1S/C18H17N5OS/c1-2-10-25-18-21-17(24)15-13-7-3-4-8-14(13)20-16(23(15)22-18)12-6-5-9-19-11-12/h3-9,11,16H,2,10H2,1H3,(H,21,22,24)/t16-/m1/s1. The van der Waals surface area contributed by atoms with Crippen molar-refractivity contribution in [3.05, 3.63) is 64.9 Å². The van der Waals surface area contributed by atoms with E-state index in [2.05, 4.69) is 22.3 Å². The number of hydrogen-bond donors (Lipinski definition) is 1. The zero-order chi connectivity index (χ0) is 17.2. The molecule has 4 rings (SSSR count). The third-order valence-corrected chi connectivity index (χ3v) is 5.01. The first-order valence-corrected chi connectivity index (χ1v) is 9.15. The minimum atomic E-state index is -0.401. The number of hydrogen-bond acceptors (Lipinski definition) is 6. The number of thioether (sulfide) groups is 1. The van der Waals surface area contributed by atoms with Crippen LogP contribution >= 0.6 is 11.8 Å². The predicted octanol–water partition coefficient (Wildman–Crippen LogP) is 1.37. The van der Waals surface area contributed by atoms with Crippen molar-refractivity contribution in [2.75, 3.05) is 5.75 Å². The van der Waals surface area contributed by atoms with Gasteiger partial charge in [-0.2, -0.15) is 0 Å². The summed E-state index contributed by atoms with van der Waals surface area (Å²) in [7, 11) is 0. The minimum Gasteiger partial charge on any atom is -0.298 e. The minimum absolute atomic E-state index is 0.148. The number of nitrogens with zero attached hydrogens (tertiary/aromatic N) is 4. The SMILES string of the molecule is CCCSC1=NN2C(=c3ccccc3=N[C@H]2c2cccnc2)C(=O)N1. The van der Waals surface area contributed by atoms with Crippen molar-refractivity contribution in [3.8, 4) is 0 Å². The van der Waals surface area contributed by atoms with E-state index in [9.17, 15) is 4.79 Å². The van der Waals surface area contributed by atoms with Crippen LogP contribution < -0.4 is 15.9 Å². The Morgan fingerprint density at radius 2 is 2.12 bits per heavy atom. The highest BCUT2D eigenvalue weighted by molar-refractivity contribution is 8.13. The van der Waals surface area contributed by atoms with Gasteiger partial charge in [-0.1, -0.05) is 43.0 Å². The fourth-order valence-electron chi connectivity index (χ4n) is 2.84. The number of pyridine rings is 1. The Hall–Kier alpha value is -2.67. The van der Waals surface area contributed by atoms with Gasteiger partial charge in [0.1, 0.15) is 5.70 Å². The Morgan fingerprint density at radius 1 is 1.24 bits per heavy atom. The van der Waals surface area contributed by atoms with Gasteiger partial charge in [0.15, 0.2) is 11.3 Å². The molecular weight excluding hydrogens is 334 g/mol. The predicted molar refractivity (Wildman–Crippen MR) is 97.8 cm³/mol. The van der Waals surface area contributed by atoms with Gasteiger partial charge in [0.25, 0.3) is 5.91 Å². The molecule has 0 fully saturated rings. The number of benzene rings is 1. The molecule has 0 saturated heterocycles. The molecule has 0 saturated carbocycles. The van der Waals surface area contributed by atoms with E-state index >= 15 is 0 Å². The average molecular weight is 351 g/mol. The summed E-state index contributed by atoms with van der Waals surface area (Å²) >= 11 is 1.54. The van der Waals surface area contributed by atoms with E-state index in [1.54, 1.807) is 29.2 Å². The summed E-state index contributed by atoms with van der Waals surface area (Å²) in [6.07, 6.45) is 4.09. The van der Waals surface area contributed by atoms with E-state index in [0.29, 0.717) is 10.9 Å². The smallest absolute Gasteiger partial charge is 0.276 e. The summed E-state index contributed by atoms with van der Waals surface area (Å²) in [5.41, 5.74) is 1.42. The van der Waals surface area contributed by atoms with Gasteiger partial charge in [0, 0.05) is 28.9 Å². The van der Waals surface area contributed by atoms with Gasteiger partial charge in [0.05, 0.1) is 5.36 Å². The van der Waals surface area contributed by atoms with Crippen molar-refractivity contribution < 1.29 is 4.79 Å². The largest absolute Gasteiger partial charge is 0.298 e. The van der Waals surface area contributed by atoms with E-state index in [1.165, 1.54) is 0 Å². The number of aromatic nitrogens is 1. The lowest BCUT2D eigenvalue weighted by atomic mass is 10.1. The van der Waals surface area contributed by atoms with E-state index in [-0.39, 0.29) is 5.91 Å².